The fourth-order valence-electron chi connectivity index (χ4n) is 1.36. The highest BCUT2D eigenvalue weighted by atomic mass is 19.2. The van der Waals surface area contributed by atoms with Gasteiger partial charge in [0, 0.05) is 0 Å². The standard InChI is InChI=1S/C11H15F2N/c1-3-8-4-9(7(2)6-14)11(13)10(12)5-8/h4-5,7H,3,6,14H2,1-2H3. The lowest BCUT2D eigenvalue weighted by molar-refractivity contribution is 0.490. The highest BCUT2D eigenvalue weighted by Gasteiger charge is 2.14. The first kappa shape index (κ1) is 11.1. The van der Waals surface area contributed by atoms with Crippen molar-refractivity contribution in [3.8, 4) is 0 Å². The van der Waals surface area contributed by atoms with Crippen LogP contribution in [0.2, 0.25) is 0 Å². The van der Waals surface area contributed by atoms with Gasteiger partial charge in [0.05, 0.1) is 0 Å². The fraction of sp³-hybridized carbons (Fsp3) is 0.455. The topological polar surface area (TPSA) is 26.0 Å². The Kier molecular flexibility index (Phi) is 3.58. The number of aryl methyl sites for hydroxylation is 1. The average Bonchev–Trinajstić information content (AvgIpc) is 2.20. The Balaban J connectivity index is 3.20. The SMILES string of the molecule is CCc1cc(F)c(F)c(C(C)CN)c1. The van der Waals surface area contributed by atoms with Crippen LogP contribution in [0.5, 0.6) is 0 Å². The maximum absolute atomic E-state index is 13.3. The van der Waals surface area contributed by atoms with Crippen LogP contribution >= 0.6 is 0 Å². The summed E-state index contributed by atoms with van der Waals surface area (Å²) < 4.78 is 26.4. The molecule has 0 spiro atoms. The van der Waals surface area contributed by atoms with E-state index in [1.807, 2.05) is 6.92 Å². The number of halogens is 2. The number of benzene rings is 1. The highest BCUT2D eigenvalue weighted by molar-refractivity contribution is 5.29. The lowest BCUT2D eigenvalue weighted by atomic mass is 9.97. The minimum Gasteiger partial charge on any atom is -0.330 e. The summed E-state index contributed by atoms with van der Waals surface area (Å²) in [6.45, 7) is 4.02. The molecule has 1 nitrogen and oxygen atoms in total. The van der Waals surface area contributed by atoms with E-state index in [1.54, 1.807) is 13.0 Å². The lowest BCUT2D eigenvalue weighted by Gasteiger charge is -2.12. The van der Waals surface area contributed by atoms with Gasteiger partial charge in [-0.25, -0.2) is 8.78 Å². The van der Waals surface area contributed by atoms with E-state index in [-0.39, 0.29) is 5.92 Å². The molecular weight excluding hydrogens is 184 g/mol. The van der Waals surface area contributed by atoms with E-state index >= 15 is 0 Å². The maximum Gasteiger partial charge on any atom is 0.162 e. The quantitative estimate of drug-likeness (QED) is 0.795. The van der Waals surface area contributed by atoms with E-state index in [0.29, 0.717) is 18.5 Å². The zero-order chi connectivity index (χ0) is 10.7. The van der Waals surface area contributed by atoms with Crippen molar-refractivity contribution in [1.29, 1.82) is 0 Å². The van der Waals surface area contributed by atoms with Gasteiger partial charge in [-0.1, -0.05) is 19.9 Å². The van der Waals surface area contributed by atoms with Crippen molar-refractivity contribution in [3.63, 3.8) is 0 Å². The highest BCUT2D eigenvalue weighted by Crippen LogP contribution is 2.22. The molecule has 0 fully saturated rings. The molecule has 1 aromatic carbocycles. The predicted molar refractivity (Wildman–Crippen MR) is 53.2 cm³/mol. The summed E-state index contributed by atoms with van der Waals surface area (Å²) in [5.41, 5.74) is 6.61. The van der Waals surface area contributed by atoms with Crippen LogP contribution in [-0.2, 0) is 6.42 Å². The van der Waals surface area contributed by atoms with Crippen LogP contribution in [0.4, 0.5) is 8.78 Å². The normalized spacial score (nSPS) is 12.9. The minimum atomic E-state index is -0.778. The molecule has 0 saturated heterocycles. The largest absolute Gasteiger partial charge is 0.330 e. The van der Waals surface area contributed by atoms with Gasteiger partial charge in [-0.15, -0.1) is 0 Å². The Hall–Kier alpha value is -0.960. The Morgan fingerprint density at radius 2 is 2.00 bits per heavy atom. The zero-order valence-corrected chi connectivity index (χ0v) is 8.48. The Bertz CT molecular complexity index is 323. The monoisotopic (exact) mass is 199 g/mol. The van der Waals surface area contributed by atoms with Gasteiger partial charge in [0.25, 0.3) is 0 Å². The van der Waals surface area contributed by atoms with Gasteiger partial charge in [0.2, 0.25) is 0 Å². The first-order valence-corrected chi connectivity index (χ1v) is 4.78. The third-order valence-electron chi connectivity index (χ3n) is 2.41. The van der Waals surface area contributed by atoms with E-state index in [1.165, 1.54) is 6.07 Å². The number of nitrogens with two attached hydrogens (primary N) is 1. The van der Waals surface area contributed by atoms with Crippen molar-refractivity contribution in [1.82, 2.24) is 0 Å². The number of hydrogen-bond acceptors (Lipinski definition) is 1. The summed E-state index contributed by atoms with van der Waals surface area (Å²) in [7, 11) is 0. The molecule has 1 atom stereocenters. The third-order valence-corrected chi connectivity index (χ3v) is 2.41. The third kappa shape index (κ3) is 2.10. The molecule has 0 radical (unpaired) electrons. The molecule has 0 bridgehead atoms. The van der Waals surface area contributed by atoms with Gasteiger partial charge >= 0.3 is 0 Å². The molecule has 0 aromatic heterocycles. The Morgan fingerprint density at radius 1 is 1.36 bits per heavy atom. The van der Waals surface area contributed by atoms with Gasteiger partial charge < -0.3 is 5.73 Å². The fourth-order valence-corrected chi connectivity index (χ4v) is 1.36. The molecule has 14 heavy (non-hydrogen) atoms. The van der Waals surface area contributed by atoms with Crippen LogP contribution in [0.15, 0.2) is 12.1 Å². The minimum absolute atomic E-state index is 0.143. The van der Waals surface area contributed by atoms with Crippen molar-refractivity contribution in [3.05, 3.63) is 34.9 Å². The first-order valence-electron chi connectivity index (χ1n) is 4.78. The molecule has 3 heteroatoms. The van der Waals surface area contributed by atoms with Crippen LogP contribution in [0.1, 0.15) is 30.9 Å². The van der Waals surface area contributed by atoms with Crippen LogP contribution in [0.3, 0.4) is 0 Å². The number of hydrogen-bond donors (Lipinski definition) is 1. The van der Waals surface area contributed by atoms with Gasteiger partial charge in [-0.2, -0.15) is 0 Å². The summed E-state index contributed by atoms with van der Waals surface area (Å²) in [5.74, 6) is -1.68. The van der Waals surface area contributed by atoms with Crippen molar-refractivity contribution in [2.75, 3.05) is 6.54 Å². The van der Waals surface area contributed by atoms with E-state index in [2.05, 4.69) is 0 Å². The smallest absolute Gasteiger partial charge is 0.162 e. The van der Waals surface area contributed by atoms with E-state index in [0.717, 1.165) is 5.56 Å². The van der Waals surface area contributed by atoms with Crippen LogP contribution in [0, 0.1) is 11.6 Å². The van der Waals surface area contributed by atoms with E-state index in [9.17, 15) is 8.78 Å². The second-order valence-electron chi connectivity index (χ2n) is 3.47. The van der Waals surface area contributed by atoms with Crippen LogP contribution in [-0.4, -0.2) is 6.54 Å². The molecule has 0 saturated carbocycles. The Morgan fingerprint density at radius 3 is 2.50 bits per heavy atom. The number of rotatable bonds is 3. The summed E-state index contributed by atoms with van der Waals surface area (Å²) in [6, 6.07) is 2.93. The molecular formula is C11H15F2N. The lowest BCUT2D eigenvalue weighted by Crippen LogP contribution is -2.11. The Labute approximate surface area is 82.9 Å². The molecule has 78 valence electrons. The second-order valence-corrected chi connectivity index (χ2v) is 3.47. The first-order chi connectivity index (χ1) is 6.60. The van der Waals surface area contributed by atoms with Crippen molar-refractivity contribution >= 4 is 0 Å². The van der Waals surface area contributed by atoms with E-state index < -0.39 is 11.6 Å². The molecule has 1 unspecified atom stereocenters. The van der Waals surface area contributed by atoms with Crippen LogP contribution < -0.4 is 5.73 Å². The van der Waals surface area contributed by atoms with Crippen molar-refractivity contribution < 1.29 is 8.78 Å². The summed E-state index contributed by atoms with van der Waals surface area (Å²) in [5, 5.41) is 0. The molecule has 0 heterocycles. The molecule has 0 amide bonds. The van der Waals surface area contributed by atoms with Crippen LogP contribution in [0.25, 0.3) is 0 Å². The maximum atomic E-state index is 13.3. The van der Waals surface area contributed by atoms with Crippen molar-refractivity contribution in [2.24, 2.45) is 5.73 Å². The summed E-state index contributed by atoms with van der Waals surface area (Å²) >= 11 is 0. The molecule has 0 aliphatic heterocycles. The summed E-state index contributed by atoms with van der Waals surface area (Å²) in [4.78, 5) is 0. The average molecular weight is 199 g/mol. The molecule has 1 rings (SSSR count). The molecule has 0 aliphatic rings. The predicted octanol–water partition coefficient (Wildman–Crippen LogP) is 2.59. The van der Waals surface area contributed by atoms with Crippen molar-refractivity contribution in [2.45, 2.75) is 26.2 Å². The molecule has 2 N–H and O–H groups in total. The van der Waals surface area contributed by atoms with Gasteiger partial charge in [-0.3, -0.25) is 0 Å². The molecule has 1 aromatic rings. The molecule has 0 aliphatic carbocycles. The zero-order valence-electron chi connectivity index (χ0n) is 8.48. The second kappa shape index (κ2) is 4.51. The summed E-state index contributed by atoms with van der Waals surface area (Å²) in [6.07, 6.45) is 0.696. The van der Waals surface area contributed by atoms with Gasteiger partial charge in [0.15, 0.2) is 11.6 Å². The van der Waals surface area contributed by atoms with E-state index in [4.69, 9.17) is 5.73 Å². The van der Waals surface area contributed by atoms with Gasteiger partial charge in [0.1, 0.15) is 0 Å². The van der Waals surface area contributed by atoms with Gasteiger partial charge in [-0.05, 0) is 36.1 Å².